The van der Waals surface area contributed by atoms with Gasteiger partial charge in [-0.2, -0.15) is 0 Å². The number of hydrogen-bond acceptors (Lipinski definition) is 1. The molecule has 0 aromatic heterocycles. The van der Waals surface area contributed by atoms with E-state index in [0.29, 0.717) is 10.6 Å². The summed E-state index contributed by atoms with van der Waals surface area (Å²) in [5, 5.41) is 0.582. The van der Waals surface area contributed by atoms with Crippen molar-refractivity contribution >= 4 is 11.6 Å². The van der Waals surface area contributed by atoms with Crippen LogP contribution in [-0.4, -0.2) is 6.36 Å². The second-order valence-electron chi connectivity index (χ2n) is 4.49. The highest BCUT2D eigenvalue weighted by molar-refractivity contribution is 6.30. The minimum absolute atomic E-state index is 0.194. The Hall–Kier alpha value is -1.68. The molecule has 0 radical (unpaired) electrons. The smallest absolute Gasteiger partial charge is 0.406 e. The van der Waals surface area contributed by atoms with Crippen LogP contribution in [0.4, 0.5) is 13.2 Å². The number of alkyl halides is 3. The molecule has 0 bridgehead atoms. The summed E-state index contributed by atoms with van der Waals surface area (Å²) >= 11 is 5.95. The minimum atomic E-state index is -4.68. The highest BCUT2D eigenvalue weighted by atomic mass is 35.5. The van der Waals surface area contributed by atoms with Crippen LogP contribution in [0.1, 0.15) is 11.1 Å². The van der Waals surface area contributed by atoms with Crippen LogP contribution < -0.4 is 4.74 Å². The summed E-state index contributed by atoms with van der Waals surface area (Å²) in [6.45, 7) is 3.49. The van der Waals surface area contributed by atoms with Gasteiger partial charge in [0, 0.05) is 5.02 Å². The Morgan fingerprint density at radius 3 is 2.25 bits per heavy atom. The molecular weight excluding hydrogens is 289 g/mol. The Kier molecular flexibility index (Phi) is 3.95. The summed E-state index contributed by atoms with van der Waals surface area (Å²) in [5.41, 5.74) is 3.11. The standard InChI is InChI=1S/C15H12ClF3O/c1-9-3-5-12(16)8-13(9)11-4-6-14(10(2)7-11)20-15(17,18)19/h3-8H,1-2H3. The van der Waals surface area contributed by atoms with Crippen LogP contribution in [0.5, 0.6) is 5.75 Å². The Labute approximate surface area is 119 Å². The first kappa shape index (κ1) is 14.7. The molecule has 0 aliphatic rings. The van der Waals surface area contributed by atoms with Crippen molar-refractivity contribution in [2.45, 2.75) is 20.2 Å². The fraction of sp³-hybridized carbons (Fsp3) is 0.200. The molecule has 0 aliphatic heterocycles. The first-order valence-electron chi connectivity index (χ1n) is 5.89. The molecule has 0 unspecified atom stereocenters. The molecule has 0 saturated heterocycles. The zero-order chi connectivity index (χ0) is 14.9. The molecule has 0 amide bonds. The Morgan fingerprint density at radius 2 is 1.65 bits per heavy atom. The molecule has 0 fully saturated rings. The normalized spacial score (nSPS) is 11.5. The van der Waals surface area contributed by atoms with Gasteiger partial charge in [0.1, 0.15) is 5.75 Å². The zero-order valence-electron chi connectivity index (χ0n) is 10.9. The molecule has 2 rings (SSSR count). The number of halogens is 4. The molecule has 0 saturated carbocycles. The lowest BCUT2D eigenvalue weighted by Crippen LogP contribution is -2.17. The number of ether oxygens (including phenoxy) is 1. The van der Waals surface area contributed by atoms with Crippen LogP contribution in [0, 0.1) is 13.8 Å². The minimum Gasteiger partial charge on any atom is -0.406 e. The molecular formula is C15H12ClF3O. The third-order valence-electron chi connectivity index (χ3n) is 2.91. The van der Waals surface area contributed by atoms with Gasteiger partial charge in [0.2, 0.25) is 0 Å². The molecule has 2 aromatic carbocycles. The van der Waals surface area contributed by atoms with E-state index in [0.717, 1.165) is 16.7 Å². The average molecular weight is 301 g/mol. The van der Waals surface area contributed by atoms with Gasteiger partial charge < -0.3 is 4.74 Å². The predicted molar refractivity (Wildman–Crippen MR) is 73.0 cm³/mol. The summed E-state index contributed by atoms with van der Waals surface area (Å²) in [4.78, 5) is 0. The van der Waals surface area contributed by atoms with Gasteiger partial charge in [-0.05, 0) is 60.4 Å². The van der Waals surface area contributed by atoms with Gasteiger partial charge in [-0.15, -0.1) is 13.2 Å². The number of hydrogen-bond donors (Lipinski definition) is 0. The van der Waals surface area contributed by atoms with E-state index >= 15 is 0 Å². The lowest BCUT2D eigenvalue weighted by Gasteiger charge is -2.13. The fourth-order valence-corrected chi connectivity index (χ4v) is 2.13. The first-order chi connectivity index (χ1) is 9.26. The molecule has 0 spiro atoms. The number of aryl methyl sites for hydroxylation is 2. The van der Waals surface area contributed by atoms with Crippen molar-refractivity contribution in [3.63, 3.8) is 0 Å². The molecule has 20 heavy (non-hydrogen) atoms. The molecule has 5 heteroatoms. The molecule has 1 nitrogen and oxygen atoms in total. The highest BCUT2D eigenvalue weighted by Crippen LogP contribution is 2.32. The summed E-state index contributed by atoms with van der Waals surface area (Å²) in [7, 11) is 0. The summed E-state index contributed by atoms with van der Waals surface area (Å²) in [6.07, 6.45) is -4.68. The second kappa shape index (κ2) is 5.37. The zero-order valence-corrected chi connectivity index (χ0v) is 11.6. The Morgan fingerprint density at radius 1 is 0.950 bits per heavy atom. The molecule has 0 atom stereocenters. The third kappa shape index (κ3) is 3.45. The number of rotatable bonds is 2. The lowest BCUT2D eigenvalue weighted by atomic mass is 9.99. The summed E-state index contributed by atoms with van der Waals surface area (Å²) in [6, 6.07) is 9.99. The summed E-state index contributed by atoms with van der Waals surface area (Å²) < 4.78 is 40.6. The average Bonchev–Trinajstić information content (AvgIpc) is 2.33. The maximum atomic E-state index is 12.2. The van der Waals surface area contributed by atoms with Crippen molar-refractivity contribution < 1.29 is 17.9 Å². The second-order valence-corrected chi connectivity index (χ2v) is 4.92. The van der Waals surface area contributed by atoms with Gasteiger partial charge in [0.15, 0.2) is 0 Å². The van der Waals surface area contributed by atoms with E-state index in [9.17, 15) is 13.2 Å². The fourth-order valence-electron chi connectivity index (χ4n) is 1.96. The largest absolute Gasteiger partial charge is 0.573 e. The maximum Gasteiger partial charge on any atom is 0.573 e. The van der Waals surface area contributed by atoms with Crippen molar-refractivity contribution in [3.8, 4) is 16.9 Å². The van der Waals surface area contributed by atoms with Gasteiger partial charge in [0.05, 0.1) is 0 Å². The van der Waals surface area contributed by atoms with Crippen LogP contribution >= 0.6 is 11.6 Å². The van der Waals surface area contributed by atoms with Gasteiger partial charge >= 0.3 is 6.36 Å². The monoisotopic (exact) mass is 300 g/mol. The van der Waals surface area contributed by atoms with Crippen molar-refractivity contribution in [2.24, 2.45) is 0 Å². The van der Waals surface area contributed by atoms with E-state index in [4.69, 9.17) is 11.6 Å². The van der Waals surface area contributed by atoms with Crippen LogP contribution in [0.15, 0.2) is 36.4 Å². The molecule has 0 N–H and O–H groups in total. The quantitative estimate of drug-likeness (QED) is 0.709. The van der Waals surface area contributed by atoms with Gasteiger partial charge in [-0.3, -0.25) is 0 Å². The molecule has 106 valence electrons. The highest BCUT2D eigenvalue weighted by Gasteiger charge is 2.31. The van der Waals surface area contributed by atoms with Crippen molar-refractivity contribution in [2.75, 3.05) is 0 Å². The maximum absolute atomic E-state index is 12.2. The predicted octanol–water partition coefficient (Wildman–Crippen LogP) is 5.52. The first-order valence-corrected chi connectivity index (χ1v) is 6.27. The van der Waals surface area contributed by atoms with Gasteiger partial charge in [0.25, 0.3) is 0 Å². The third-order valence-corrected chi connectivity index (χ3v) is 3.15. The van der Waals surface area contributed by atoms with Crippen LogP contribution in [0.25, 0.3) is 11.1 Å². The van der Waals surface area contributed by atoms with Crippen molar-refractivity contribution in [1.29, 1.82) is 0 Å². The van der Waals surface area contributed by atoms with E-state index in [1.54, 1.807) is 31.2 Å². The van der Waals surface area contributed by atoms with E-state index in [1.165, 1.54) is 6.07 Å². The Bertz CT molecular complexity index is 636. The molecule has 0 aliphatic carbocycles. The van der Waals surface area contributed by atoms with E-state index in [2.05, 4.69) is 4.74 Å². The van der Waals surface area contributed by atoms with Gasteiger partial charge in [-0.1, -0.05) is 23.7 Å². The van der Waals surface area contributed by atoms with E-state index in [-0.39, 0.29) is 5.75 Å². The van der Waals surface area contributed by atoms with Gasteiger partial charge in [-0.25, -0.2) is 0 Å². The van der Waals surface area contributed by atoms with E-state index in [1.807, 2.05) is 13.0 Å². The van der Waals surface area contributed by atoms with Crippen LogP contribution in [-0.2, 0) is 0 Å². The lowest BCUT2D eigenvalue weighted by molar-refractivity contribution is -0.274. The molecule has 2 aromatic rings. The Balaban J connectivity index is 2.41. The SMILES string of the molecule is Cc1cc(-c2cc(Cl)ccc2C)ccc1OC(F)(F)F. The topological polar surface area (TPSA) is 9.23 Å². The van der Waals surface area contributed by atoms with E-state index < -0.39 is 6.36 Å². The summed E-state index contributed by atoms with van der Waals surface area (Å²) in [5.74, 6) is -0.194. The van der Waals surface area contributed by atoms with Crippen molar-refractivity contribution in [1.82, 2.24) is 0 Å². The van der Waals surface area contributed by atoms with Crippen LogP contribution in [0.2, 0.25) is 5.02 Å². The van der Waals surface area contributed by atoms with Crippen LogP contribution in [0.3, 0.4) is 0 Å². The molecule has 0 heterocycles. The van der Waals surface area contributed by atoms with Crippen molar-refractivity contribution in [3.05, 3.63) is 52.5 Å². The number of benzene rings is 2.